The summed E-state index contributed by atoms with van der Waals surface area (Å²) in [7, 11) is 2.79. The van der Waals surface area contributed by atoms with Gasteiger partial charge in [-0.15, -0.1) is 0 Å². The fourth-order valence-electron chi connectivity index (χ4n) is 1.42. The molecule has 0 radical (unpaired) electrons. The minimum absolute atomic E-state index is 0.0697. The average molecular weight is 252 g/mol. The van der Waals surface area contributed by atoms with Gasteiger partial charge in [-0.05, 0) is 24.6 Å². The van der Waals surface area contributed by atoms with Crippen molar-refractivity contribution < 1.29 is 23.8 Å². The summed E-state index contributed by atoms with van der Waals surface area (Å²) in [4.78, 5) is 22.0. The Morgan fingerprint density at radius 2 is 1.89 bits per heavy atom. The molecule has 0 saturated carbocycles. The maximum atomic E-state index is 11.0. The van der Waals surface area contributed by atoms with E-state index in [0.717, 1.165) is 5.56 Å². The van der Waals surface area contributed by atoms with Gasteiger partial charge in [-0.1, -0.05) is 6.07 Å². The van der Waals surface area contributed by atoms with Gasteiger partial charge in [-0.3, -0.25) is 4.79 Å². The van der Waals surface area contributed by atoms with Gasteiger partial charge in [0.15, 0.2) is 18.1 Å². The lowest BCUT2D eigenvalue weighted by atomic mass is 10.1. The Morgan fingerprint density at radius 3 is 2.44 bits per heavy atom. The molecule has 0 aliphatic rings. The van der Waals surface area contributed by atoms with E-state index >= 15 is 0 Å². The zero-order chi connectivity index (χ0) is 13.5. The maximum absolute atomic E-state index is 11.0. The van der Waals surface area contributed by atoms with Crippen LogP contribution in [0.2, 0.25) is 0 Å². The van der Waals surface area contributed by atoms with Gasteiger partial charge in [0.05, 0.1) is 14.2 Å². The molecule has 5 nitrogen and oxygen atoms in total. The van der Waals surface area contributed by atoms with E-state index in [4.69, 9.17) is 9.47 Å². The molecule has 0 atom stereocenters. The van der Waals surface area contributed by atoms with Gasteiger partial charge in [-0.25, -0.2) is 4.79 Å². The number of esters is 1. The average Bonchev–Trinajstić information content (AvgIpc) is 2.35. The summed E-state index contributed by atoms with van der Waals surface area (Å²) in [5, 5.41) is 0. The monoisotopic (exact) mass is 252 g/mol. The van der Waals surface area contributed by atoms with E-state index in [1.165, 1.54) is 21.1 Å². The van der Waals surface area contributed by atoms with Crippen molar-refractivity contribution in [2.45, 2.75) is 13.3 Å². The zero-order valence-electron chi connectivity index (χ0n) is 10.7. The summed E-state index contributed by atoms with van der Waals surface area (Å²) < 4.78 is 14.9. The second kappa shape index (κ2) is 6.64. The number of ether oxygens (including phenoxy) is 3. The Hall–Kier alpha value is -2.04. The van der Waals surface area contributed by atoms with Crippen LogP contribution in [-0.2, 0) is 20.7 Å². The lowest BCUT2D eigenvalue weighted by molar-refractivity contribution is -0.142. The summed E-state index contributed by atoms with van der Waals surface area (Å²) >= 11 is 0. The topological polar surface area (TPSA) is 61.8 Å². The summed E-state index contributed by atoms with van der Waals surface area (Å²) in [6.45, 7) is 1.34. The van der Waals surface area contributed by atoms with Crippen LogP contribution in [0, 0.1) is 0 Å². The van der Waals surface area contributed by atoms with Gasteiger partial charge >= 0.3 is 5.97 Å². The summed E-state index contributed by atoms with van der Waals surface area (Å²) in [5.74, 6) is 0.526. The number of rotatable bonds is 6. The Bertz CT molecular complexity index is 439. The van der Waals surface area contributed by atoms with Gasteiger partial charge in [0.2, 0.25) is 0 Å². The van der Waals surface area contributed by atoms with Gasteiger partial charge in [0, 0.05) is 6.42 Å². The number of Topliss-reactive ketones (excluding diaryl/α,β-unsaturated/α-hetero) is 1. The van der Waals surface area contributed by atoms with Crippen LogP contribution in [0.25, 0.3) is 0 Å². The molecule has 98 valence electrons. The van der Waals surface area contributed by atoms with Gasteiger partial charge in [0.1, 0.15) is 5.78 Å². The fourth-order valence-corrected chi connectivity index (χ4v) is 1.42. The van der Waals surface area contributed by atoms with Crippen molar-refractivity contribution in [3.8, 4) is 11.5 Å². The fraction of sp³-hybridized carbons (Fsp3) is 0.385. The lowest BCUT2D eigenvalue weighted by Gasteiger charge is -2.11. The third-order valence-corrected chi connectivity index (χ3v) is 2.25. The first kappa shape index (κ1) is 14.0. The third-order valence-electron chi connectivity index (χ3n) is 2.25. The predicted molar refractivity (Wildman–Crippen MR) is 64.9 cm³/mol. The molecule has 0 fully saturated rings. The molecule has 0 bridgehead atoms. The van der Waals surface area contributed by atoms with Crippen LogP contribution in [0.5, 0.6) is 11.5 Å². The van der Waals surface area contributed by atoms with Crippen LogP contribution in [0.4, 0.5) is 0 Å². The van der Waals surface area contributed by atoms with E-state index < -0.39 is 5.97 Å². The highest BCUT2D eigenvalue weighted by Crippen LogP contribution is 2.28. The molecule has 0 aliphatic heterocycles. The van der Waals surface area contributed by atoms with Gasteiger partial charge in [-0.2, -0.15) is 0 Å². The highest BCUT2D eigenvalue weighted by molar-refractivity contribution is 5.78. The molecule has 0 N–H and O–H groups in total. The maximum Gasteiger partial charge on any atom is 0.343 e. The zero-order valence-corrected chi connectivity index (χ0v) is 10.7. The number of carbonyl (C=O) groups is 2. The molecule has 5 heteroatoms. The number of carbonyl (C=O) groups excluding carboxylic acids is 2. The first-order valence-corrected chi connectivity index (χ1v) is 5.42. The smallest absolute Gasteiger partial charge is 0.343 e. The van der Waals surface area contributed by atoms with Crippen molar-refractivity contribution in [2.75, 3.05) is 20.8 Å². The normalized spacial score (nSPS) is 9.72. The summed E-state index contributed by atoms with van der Waals surface area (Å²) in [5.41, 5.74) is 0.838. The number of hydrogen-bond donors (Lipinski definition) is 0. The van der Waals surface area contributed by atoms with Crippen molar-refractivity contribution in [1.29, 1.82) is 0 Å². The van der Waals surface area contributed by atoms with Crippen LogP contribution >= 0.6 is 0 Å². The Morgan fingerprint density at radius 1 is 1.17 bits per heavy atom. The SMILES string of the molecule is COC(=O)COc1ccc(CC(C)=O)cc1OC. The molecule has 0 amide bonds. The number of hydrogen-bond acceptors (Lipinski definition) is 5. The second-order valence-corrected chi connectivity index (χ2v) is 3.73. The van der Waals surface area contributed by atoms with E-state index in [9.17, 15) is 9.59 Å². The second-order valence-electron chi connectivity index (χ2n) is 3.73. The number of methoxy groups -OCH3 is 2. The van der Waals surface area contributed by atoms with Crippen LogP contribution < -0.4 is 9.47 Å². The molecule has 1 rings (SSSR count). The molecule has 0 aliphatic carbocycles. The van der Waals surface area contributed by atoms with E-state index in [2.05, 4.69) is 4.74 Å². The van der Waals surface area contributed by atoms with Crippen molar-refractivity contribution in [3.05, 3.63) is 23.8 Å². The Labute approximate surface area is 106 Å². The quantitative estimate of drug-likeness (QED) is 0.716. The molecule has 1 aromatic carbocycles. The van der Waals surface area contributed by atoms with E-state index in [-0.39, 0.29) is 12.4 Å². The van der Waals surface area contributed by atoms with Crippen molar-refractivity contribution >= 4 is 11.8 Å². The molecule has 18 heavy (non-hydrogen) atoms. The molecule has 0 spiro atoms. The molecule has 0 heterocycles. The number of ketones is 1. The van der Waals surface area contributed by atoms with Crippen LogP contribution in [0.3, 0.4) is 0 Å². The first-order valence-electron chi connectivity index (χ1n) is 5.42. The van der Waals surface area contributed by atoms with Crippen LogP contribution in [0.15, 0.2) is 18.2 Å². The molecular formula is C13H16O5. The van der Waals surface area contributed by atoms with E-state index in [1.54, 1.807) is 18.2 Å². The van der Waals surface area contributed by atoms with Crippen molar-refractivity contribution in [2.24, 2.45) is 0 Å². The first-order chi connectivity index (χ1) is 8.56. The van der Waals surface area contributed by atoms with Crippen molar-refractivity contribution in [3.63, 3.8) is 0 Å². The summed E-state index contributed by atoms with van der Waals surface area (Å²) in [6, 6.07) is 5.14. The molecule has 1 aromatic rings. The highest BCUT2D eigenvalue weighted by atomic mass is 16.6. The molecule has 0 saturated heterocycles. The van der Waals surface area contributed by atoms with Gasteiger partial charge < -0.3 is 14.2 Å². The molecular weight excluding hydrogens is 236 g/mol. The highest BCUT2D eigenvalue weighted by Gasteiger charge is 2.09. The minimum Gasteiger partial charge on any atom is -0.493 e. The van der Waals surface area contributed by atoms with Crippen molar-refractivity contribution in [1.82, 2.24) is 0 Å². The van der Waals surface area contributed by atoms with Crippen LogP contribution in [0.1, 0.15) is 12.5 Å². The predicted octanol–water partition coefficient (Wildman–Crippen LogP) is 1.38. The molecule has 0 aromatic heterocycles. The van der Waals surface area contributed by atoms with E-state index in [0.29, 0.717) is 17.9 Å². The van der Waals surface area contributed by atoms with Crippen LogP contribution in [-0.4, -0.2) is 32.6 Å². The van der Waals surface area contributed by atoms with Gasteiger partial charge in [0.25, 0.3) is 0 Å². The molecule has 0 unspecified atom stereocenters. The lowest BCUT2D eigenvalue weighted by Crippen LogP contribution is -2.13. The Balaban J connectivity index is 2.79. The largest absolute Gasteiger partial charge is 0.493 e. The summed E-state index contributed by atoms with van der Waals surface area (Å²) in [6.07, 6.45) is 0.341. The Kier molecular flexibility index (Phi) is 5.17. The minimum atomic E-state index is -0.468. The van der Waals surface area contributed by atoms with E-state index in [1.807, 2.05) is 0 Å². The third kappa shape index (κ3) is 4.08. The standard InChI is InChI=1S/C13H16O5/c1-9(14)6-10-4-5-11(12(7-10)16-2)18-8-13(15)17-3/h4-5,7H,6,8H2,1-3H3. The number of benzene rings is 1.